The van der Waals surface area contributed by atoms with Crippen LogP contribution >= 0.6 is 11.3 Å². The van der Waals surface area contributed by atoms with Crippen LogP contribution in [0.3, 0.4) is 0 Å². The molecule has 0 unspecified atom stereocenters. The Balaban J connectivity index is 1.89. The average Bonchev–Trinajstić information content (AvgIpc) is 3.13. The van der Waals surface area contributed by atoms with Gasteiger partial charge in [-0.1, -0.05) is 0 Å². The summed E-state index contributed by atoms with van der Waals surface area (Å²) in [5, 5.41) is 8.31. The minimum atomic E-state index is 0.359. The van der Waals surface area contributed by atoms with Crippen LogP contribution in [0.25, 0.3) is 10.2 Å². The number of thiophene rings is 1. The zero-order valence-corrected chi connectivity index (χ0v) is 14.6. The molecule has 25 heavy (non-hydrogen) atoms. The number of hydrogen-bond donors (Lipinski definition) is 0. The molecule has 0 aliphatic rings. The van der Waals surface area contributed by atoms with Crippen molar-refractivity contribution >= 4 is 40.9 Å². The van der Waals surface area contributed by atoms with Crippen molar-refractivity contribution in [3.05, 3.63) is 41.5 Å². The van der Waals surface area contributed by atoms with E-state index in [1.807, 2.05) is 23.4 Å². The first kappa shape index (κ1) is 17.0. The van der Waals surface area contributed by atoms with Crippen molar-refractivity contribution in [1.82, 2.24) is 9.97 Å². The number of fused-ring (bicyclic) bond motifs is 1. The fourth-order valence-corrected chi connectivity index (χ4v) is 3.13. The van der Waals surface area contributed by atoms with Crippen LogP contribution in [0.5, 0.6) is 11.5 Å². The number of anilines is 1. The van der Waals surface area contributed by atoms with Crippen molar-refractivity contribution in [3.63, 3.8) is 0 Å². The third-order valence-electron chi connectivity index (χ3n) is 3.48. The molecule has 126 valence electrons. The Morgan fingerprint density at radius 2 is 2.20 bits per heavy atom. The van der Waals surface area contributed by atoms with Gasteiger partial charge in [-0.15, -0.1) is 0 Å². The van der Waals surface area contributed by atoms with Crippen molar-refractivity contribution in [2.75, 3.05) is 18.7 Å². The van der Waals surface area contributed by atoms with Crippen molar-refractivity contribution in [3.8, 4) is 11.5 Å². The molecule has 0 aliphatic heterocycles. The summed E-state index contributed by atoms with van der Waals surface area (Å²) in [4.78, 5) is 8.61. The average molecular weight is 354 g/mol. The molecule has 0 N–H and O–H groups in total. The Bertz CT molecular complexity index is 915. The summed E-state index contributed by atoms with van der Waals surface area (Å²) in [7, 11) is 1.88. The zero-order chi connectivity index (χ0) is 17.6. The van der Waals surface area contributed by atoms with Crippen LogP contribution in [0.4, 0.5) is 5.82 Å². The first-order chi connectivity index (χ1) is 12.3. The molecule has 0 aliphatic carbocycles. The van der Waals surface area contributed by atoms with E-state index >= 15 is 0 Å². The Morgan fingerprint density at radius 3 is 2.96 bits per heavy atom. The summed E-state index contributed by atoms with van der Waals surface area (Å²) in [6.07, 6.45) is 3.25. The molecule has 0 saturated carbocycles. The molecule has 7 nitrogen and oxygen atoms in total. The van der Waals surface area contributed by atoms with Gasteiger partial charge in [0.25, 0.3) is 0 Å². The van der Waals surface area contributed by atoms with Gasteiger partial charge in [-0.05, 0) is 0 Å². The van der Waals surface area contributed by atoms with E-state index in [1.165, 1.54) is 13.4 Å². The first-order valence-electron chi connectivity index (χ1n) is 7.55. The molecule has 0 saturated heterocycles. The molecule has 0 spiro atoms. The van der Waals surface area contributed by atoms with Gasteiger partial charge in [-0.2, -0.15) is 0 Å². The van der Waals surface area contributed by atoms with Crippen LogP contribution < -0.4 is 14.4 Å². The third kappa shape index (κ3) is 3.66. The van der Waals surface area contributed by atoms with Crippen molar-refractivity contribution in [1.29, 1.82) is 0 Å². The number of rotatable bonds is 7. The summed E-state index contributed by atoms with van der Waals surface area (Å²) in [6.45, 7) is 2.66. The Morgan fingerprint density at radius 1 is 1.32 bits per heavy atom. The van der Waals surface area contributed by atoms with E-state index < -0.39 is 0 Å². The quantitative estimate of drug-likeness (QED) is 0.369. The molecular weight excluding hydrogens is 339 g/mol. The molecule has 0 atom stereocenters. The molecule has 0 amide bonds. The minimum absolute atomic E-state index is 0.359. The van der Waals surface area contributed by atoms with Crippen LogP contribution in [-0.4, -0.2) is 37.2 Å². The Kier molecular flexibility index (Phi) is 5.34. The van der Waals surface area contributed by atoms with Crippen molar-refractivity contribution in [2.24, 2.45) is 5.10 Å². The van der Waals surface area contributed by atoms with Crippen LogP contribution in [0.15, 0.2) is 41.1 Å². The van der Waals surface area contributed by atoms with Gasteiger partial charge in [-0.25, -0.2) is 0 Å². The number of nitrogens with zero attached hydrogens (tertiary/aromatic N) is 4. The molecule has 1 aromatic carbocycles. The van der Waals surface area contributed by atoms with Crippen LogP contribution in [0.2, 0.25) is 0 Å². The fraction of sp³-hybridized carbons (Fsp3) is 0.188. The normalized spacial score (nSPS) is 10.8. The second-order valence-electron chi connectivity index (χ2n) is 4.92. The van der Waals surface area contributed by atoms with E-state index in [-0.39, 0.29) is 0 Å². The summed E-state index contributed by atoms with van der Waals surface area (Å²) < 4.78 is 21.6. The molecule has 0 bridgehead atoms. The number of hydrazone groups is 1. The topological polar surface area (TPSA) is 76.9 Å². The standard InChI is InChI=1S/C16H15BN4O3S/c1-3-21(16-15-12(6-7-25-15)18-10-19-16)20-9-11-4-5-13(24-17-22)14(8-11)23-2/h4-10H,3H2,1-2H3/b20-9+. The molecule has 2 heterocycles. The number of methoxy groups -OCH3 is 1. The summed E-state index contributed by atoms with van der Waals surface area (Å²) >= 11 is 1.58. The molecule has 0 radical (unpaired) electrons. The molecule has 3 rings (SSSR count). The zero-order valence-electron chi connectivity index (χ0n) is 13.7. The number of benzene rings is 1. The molecule has 2 aromatic heterocycles. The molecule has 0 fully saturated rings. The van der Waals surface area contributed by atoms with Gasteiger partial charge in [0.05, 0.1) is 0 Å². The fourth-order valence-electron chi connectivity index (χ4n) is 2.30. The van der Waals surface area contributed by atoms with E-state index in [2.05, 4.69) is 15.1 Å². The molecular formula is C16H15BN4O3S. The second kappa shape index (κ2) is 7.84. The number of hydrogen-bond acceptors (Lipinski definition) is 8. The Hall–Kier alpha value is -2.81. The predicted molar refractivity (Wildman–Crippen MR) is 98.1 cm³/mol. The van der Waals surface area contributed by atoms with Gasteiger partial charge in [0, 0.05) is 0 Å². The maximum absolute atomic E-state index is 10.5. The van der Waals surface area contributed by atoms with Gasteiger partial charge in [0.2, 0.25) is 0 Å². The van der Waals surface area contributed by atoms with Gasteiger partial charge in [0.1, 0.15) is 0 Å². The third-order valence-corrected chi connectivity index (χ3v) is 4.38. The van der Waals surface area contributed by atoms with Gasteiger partial charge in [-0.3, -0.25) is 0 Å². The van der Waals surface area contributed by atoms with Crippen LogP contribution in [0.1, 0.15) is 12.5 Å². The van der Waals surface area contributed by atoms with Gasteiger partial charge >= 0.3 is 149 Å². The summed E-state index contributed by atoms with van der Waals surface area (Å²) in [6, 6.07) is 7.16. The Labute approximate surface area is 149 Å². The van der Waals surface area contributed by atoms with E-state index in [4.69, 9.17) is 9.39 Å². The summed E-state index contributed by atoms with van der Waals surface area (Å²) in [5.74, 6) is 1.59. The summed E-state index contributed by atoms with van der Waals surface area (Å²) in [5.41, 5.74) is 1.71. The molecule has 3 aromatic rings. The van der Waals surface area contributed by atoms with Crippen molar-refractivity contribution in [2.45, 2.75) is 6.92 Å². The van der Waals surface area contributed by atoms with Gasteiger partial charge in [0.15, 0.2) is 0 Å². The van der Waals surface area contributed by atoms with Gasteiger partial charge < -0.3 is 0 Å². The van der Waals surface area contributed by atoms with Crippen LogP contribution in [0, 0.1) is 0 Å². The van der Waals surface area contributed by atoms with Crippen molar-refractivity contribution < 1.29 is 14.1 Å². The van der Waals surface area contributed by atoms with E-state index in [0.29, 0.717) is 25.4 Å². The predicted octanol–water partition coefficient (Wildman–Crippen LogP) is 2.90. The van der Waals surface area contributed by atoms with E-state index in [1.54, 1.807) is 35.8 Å². The molecule has 9 heteroatoms. The number of ether oxygens (including phenoxy) is 1. The van der Waals surface area contributed by atoms with Crippen LogP contribution in [-0.2, 0) is 4.70 Å². The second-order valence-corrected chi connectivity index (χ2v) is 5.83. The first-order valence-corrected chi connectivity index (χ1v) is 8.42. The maximum atomic E-state index is 10.5. The van der Waals surface area contributed by atoms with E-state index in [9.17, 15) is 4.70 Å². The van der Waals surface area contributed by atoms with E-state index in [0.717, 1.165) is 21.6 Å². The SMILES string of the molecule is CCN(/N=C/c1ccc(OB=O)c(OC)c1)c1ncnc2ccsc12. The number of aromatic nitrogens is 2. The monoisotopic (exact) mass is 354 g/mol.